The SMILES string of the molecule is CSc1ccc(F)cc1Cn1c(=O)[nH]c2ccc(C(F)(F)F)cc2c1=O. The monoisotopic (exact) mass is 384 g/mol. The van der Waals surface area contributed by atoms with Gasteiger partial charge in [-0.2, -0.15) is 13.2 Å². The second-order valence-electron chi connectivity index (χ2n) is 5.54. The fraction of sp³-hybridized carbons (Fsp3) is 0.176. The number of aromatic amines is 1. The molecule has 136 valence electrons. The van der Waals surface area contributed by atoms with E-state index in [9.17, 15) is 27.2 Å². The molecule has 0 bridgehead atoms. The van der Waals surface area contributed by atoms with Crippen LogP contribution in [0.25, 0.3) is 10.9 Å². The molecule has 0 unspecified atom stereocenters. The van der Waals surface area contributed by atoms with Gasteiger partial charge in [-0.1, -0.05) is 0 Å². The van der Waals surface area contributed by atoms with Gasteiger partial charge in [0.1, 0.15) is 5.82 Å². The smallest absolute Gasteiger partial charge is 0.307 e. The van der Waals surface area contributed by atoms with Crippen LogP contribution in [0.4, 0.5) is 17.6 Å². The fourth-order valence-corrected chi connectivity index (χ4v) is 3.20. The number of halogens is 4. The van der Waals surface area contributed by atoms with E-state index in [2.05, 4.69) is 4.98 Å². The molecule has 0 atom stereocenters. The Kier molecular flexibility index (Phi) is 4.66. The normalized spacial score (nSPS) is 11.9. The van der Waals surface area contributed by atoms with E-state index in [1.165, 1.54) is 30.0 Å². The van der Waals surface area contributed by atoms with Gasteiger partial charge in [-0.3, -0.25) is 9.36 Å². The Labute approximate surface area is 148 Å². The van der Waals surface area contributed by atoms with Crippen molar-refractivity contribution in [1.29, 1.82) is 0 Å². The van der Waals surface area contributed by atoms with Gasteiger partial charge in [-0.15, -0.1) is 11.8 Å². The van der Waals surface area contributed by atoms with E-state index in [1.807, 2.05) is 0 Å². The van der Waals surface area contributed by atoms with E-state index in [1.54, 1.807) is 6.26 Å². The summed E-state index contributed by atoms with van der Waals surface area (Å²) in [4.78, 5) is 27.8. The van der Waals surface area contributed by atoms with Crippen molar-refractivity contribution < 1.29 is 17.6 Å². The molecule has 26 heavy (non-hydrogen) atoms. The zero-order valence-electron chi connectivity index (χ0n) is 13.4. The number of alkyl halides is 3. The molecule has 3 aromatic rings. The highest BCUT2D eigenvalue weighted by atomic mass is 32.2. The highest BCUT2D eigenvalue weighted by Crippen LogP contribution is 2.30. The van der Waals surface area contributed by atoms with Gasteiger partial charge in [0.25, 0.3) is 5.56 Å². The molecule has 0 saturated carbocycles. The summed E-state index contributed by atoms with van der Waals surface area (Å²) in [6.07, 6.45) is -2.87. The number of nitrogens with zero attached hydrogens (tertiary/aromatic N) is 1. The molecule has 3 rings (SSSR count). The van der Waals surface area contributed by atoms with E-state index < -0.39 is 28.8 Å². The number of H-pyrrole nitrogens is 1. The highest BCUT2D eigenvalue weighted by Gasteiger charge is 2.31. The molecule has 0 amide bonds. The summed E-state index contributed by atoms with van der Waals surface area (Å²) in [7, 11) is 0. The van der Waals surface area contributed by atoms with Crippen LogP contribution in [0.15, 0.2) is 50.9 Å². The lowest BCUT2D eigenvalue weighted by atomic mass is 10.1. The first kappa shape index (κ1) is 18.2. The van der Waals surface area contributed by atoms with Gasteiger partial charge in [0.2, 0.25) is 0 Å². The predicted octanol–water partition coefficient (Wildman–Crippen LogP) is 3.62. The zero-order valence-corrected chi connectivity index (χ0v) is 14.2. The summed E-state index contributed by atoms with van der Waals surface area (Å²) < 4.78 is 53.0. The average Bonchev–Trinajstić information content (AvgIpc) is 2.57. The molecule has 0 spiro atoms. The number of aromatic nitrogens is 2. The summed E-state index contributed by atoms with van der Waals surface area (Å²) in [6, 6.07) is 6.48. The Bertz CT molecular complexity index is 1100. The number of fused-ring (bicyclic) bond motifs is 1. The summed E-state index contributed by atoms with van der Waals surface area (Å²) >= 11 is 1.30. The topological polar surface area (TPSA) is 54.9 Å². The number of nitrogens with one attached hydrogen (secondary N) is 1. The molecular weight excluding hydrogens is 372 g/mol. The molecule has 2 aromatic carbocycles. The maximum Gasteiger partial charge on any atom is 0.416 e. The lowest BCUT2D eigenvalue weighted by Crippen LogP contribution is -2.35. The maximum absolute atomic E-state index is 13.5. The lowest BCUT2D eigenvalue weighted by molar-refractivity contribution is -0.137. The Balaban J connectivity index is 2.19. The van der Waals surface area contributed by atoms with Gasteiger partial charge < -0.3 is 4.98 Å². The second-order valence-corrected chi connectivity index (χ2v) is 6.38. The van der Waals surface area contributed by atoms with Crippen molar-refractivity contribution in [2.75, 3.05) is 6.26 Å². The number of hydrogen-bond donors (Lipinski definition) is 1. The van der Waals surface area contributed by atoms with Crippen LogP contribution >= 0.6 is 11.8 Å². The zero-order chi connectivity index (χ0) is 19.1. The third kappa shape index (κ3) is 3.39. The van der Waals surface area contributed by atoms with E-state index >= 15 is 0 Å². The maximum atomic E-state index is 13.5. The highest BCUT2D eigenvalue weighted by molar-refractivity contribution is 7.98. The van der Waals surface area contributed by atoms with E-state index in [-0.39, 0.29) is 17.4 Å². The van der Waals surface area contributed by atoms with Gasteiger partial charge in [0.15, 0.2) is 0 Å². The third-order valence-corrected chi connectivity index (χ3v) is 4.72. The molecule has 0 aliphatic heterocycles. The minimum absolute atomic E-state index is 0.00795. The molecule has 0 radical (unpaired) electrons. The van der Waals surface area contributed by atoms with Gasteiger partial charge >= 0.3 is 11.9 Å². The first-order chi connectivity index (χ1) is 12.2. The van der Waals surface area contributed by atoms with Crippen LogP contribution in [0.3, 0.4) is 0 Å². The summed E-state index contributed by atoms with van der Waals surface area (Å²) in [6.45, 7) is -0.256. The Morgan fingerprint density at radius 3 is 2.50 bits per heavy atom. The van der Waals surface area contributed by atoms with Crippen LogP contribution in [0.5, 0.6) is 0 Å². The first-order valence-corrected chi connectivity index (χ1v) is 8.59. The summed E-state index contributed by atoms with van der Waals surface area (Å²) in [5.41, 5.74) is -2.24. The number of benzene rings is 2. The van der Waals surface area contributed by atoms with Crippen LogP contribution in [0.2, 0.25) is 0 Å². The van der Waals surface area contributed by atoms with Gasteiger partial charge in [-0.05, 0) is 48.2 Å². The van der Waals surface area contributed by atoms with E-state index in [4.69, 9.17) is 0 Å². The van der Waals surface area contributed by atoms with Crippen molar-refractivity contribution in [2.24, 2.45) is 0 Å². The molecule has 1 N–H and O–H groups in total. The van der Waals surface area contributed by atoms with Crippen molar-refractivity contribution in [3.63, 3.8) is 0 Å². The number of hydrogen-bond acceptors (Lipinski definition) is 3. The van der Waals surface area contributed by atoms with Crippen molar-refractivity contribution in [3.8, 4) is 0 Å². The molecule has 9 heteroatoms. The minimum Gasteiger partial charge on any atom is -0.307 e. The van der Waals surface area contributed by atoms with Gasteiger partial charge in [0, 0.05) is 4.90 Å². The third-order valence-electron chi connectivity index (χ3n) is 3.88. The Morgan fingerprint density at radius 2 is 1.85 bits per heavy atom. The van der Waals surface area contributed by atoms with Crippen molar-refractivity contribution in [2.45, 2.75) is 17.6 Å². The van der Waals surface area contributed by atoms with Gasteiger partial charge in [-0.25, -0.2) is 9.18 Å². The fourth-order valence-electron chi connectivity index (χ4n) is 2.61. The van der Waals surface area contributed by atoms with Crippen LogP contribution in [-0.2, 0) is 12.7 Å². The molecular formula is C17H12F4N2O2S. The standard InChI is InChI=1S/C17H12F4N2O2S/c1-26-14-5-3-11(18)6-9(14)8-23-15(24)12-7-10(17(19,20)21)2-4-13(12)22-16(23)25/h2-7H,8H2,1H3,(H,22,25). The van der Waals surface area contributed by atoms with E-state index in [0.29, 0.717) is 16.5 Å². The predicted molar refractivity (Wildman–Crippen MR) is 91.1 cm³/mol. The Morgan fingerprint density at radius 1 is 1.12 bits per heavy atom. The summed E-state index contributed by atoms with van der Waals surface area (Å²) in [5, 5.41) is -0.262. The van der Waals surface area contributed by atoms with Crippen LogP contribution < -0.4 is 11.2 Å². The van der Waals surface area contributed by atoms with Crippen LogP contribution in [-0.4, -0.2) is 15.8 Å². The largest absolute Gasteiger partial charge is 0.416 e. The average molecular weight is 384 g/mol. The minimum atomic E-state index is -4.61. The molecule has 1 aromatic heterocycles. The van der Waals surface area contributed by atoms with Crippen LogP contribution in [0.1, 0.15) is 11.1 Å². The molecule has 0 fully saturated rings. The lowest BCUT2D eigenvalue weighted by Gasteiger charge is -2.11. The molecule has 1 heterocycles. The van der Waals surface area contributed by atoms with Crippen molar-refractivity contribution in [1.82, 2.24) is 9.55 Å². The van der Waals surface area contributed by atoms with E-state index in [0.717, 1.165) is 16.7 Å². The molecule has 0 saturated heterocycles. The molecule has 0 aliphatic rings. The quantitative estimate of drug-likeness (QED) is 0.554. The molecule has 0 aliphatic carbocycles. The molecule has 4 nitrogen and oxygen atoms in total. The van der Waals surface area contributed by atoms with Crippen LogP contribution in [0, 0.1) is 5.82 Å². The van der Waals surface area contributed by atoms with Crippen molar-refractivity contribution in [3.05, 3.63) is 74.2 Å². The Hall–Kier alpha value is -2.55. The summed E-state index contributed by atoms with van der Waals surface area (Å²) in [5.74, 6) is -0.539. The second kappa shape index (κ2) is 6.64. The first-order valence-electron chi connectivity index (χ1n) is 7.37. The van der Waals surface area contributed by atoms with Crippen molar-refractivity contribution >= 4 is 22.7 Å². The number of rotatable bonds is 3. The van der Waals surface area contributed by atoms with Gasteiger partial charge in [0.05, 0.1) is 23.0 Å². The number of thioether (sulfide) groups is 1.